The summed E-state index contributed by atoms with van der Waals surface area (Å²) in [6.07, 6.45) is 4.95. The summed E-state index contributed by atoms with van der Waals surface area (Å²) in [5.41, 5.74) is 4.04. The maximum atomic E-state index is 11.8. The van der Waals surface area contributed by atoms with E-state index in [2.05, 4.69) is 33.9 Å². The monoisotopic (exact) mass is 567 g/mol. The summed E-state index contributed by atoms with van der Waals surface area (Å²) >= 11 is 0. The highest BCUT2D eigenvalue weighted by Crippen LogP contribution is 2.16. The molecule has 3 rings (SSSR count). The lowest BCUT2D eigenvalue weighted by atomic mass is 10.1. The standard InChI is InChI=1S/C23H29N5O2S.HI/c1-4-24-23(26-16-20-9-10-22(18(2)13-20)31(3,29)30)25-15-19-7-5-8-21(14-19)17-28-12-6-11-27-28;/h5-14H,4,15-17H2,1-3H3,(H2,24,25,26);1H. The predicted octanol–water partition coefficient (Wildman–Crippen LogP) is 3.52. The SMILES string of the molecule is CCNC(=NCc1cccc(Cn2cccn2)c1)NCc1ccc(S(C)(=O)=O)c(C)c1.I. The summed E-state index contributed by atoms with van der Waals surface area (Å²) in [4.78, 5) is 5.06. The third kappa shape index (κ3) is 7.63. The minimum atomic E-state index is -3.21. The fourth-order valence-corrected chi connectivity index (χ4v) is 4.30. The first kappa shape index (κ1) is 25.9. The third-order valence-corrected chi connectivity index (χ3v) is 6.01. The van der Waals surface area contributed by atoms with Gasteiger partial charge >= 0.3 is 0 Å². The Balaban J connectivity index is 0.00000363. The van der Waals surface area contributed by atoms with E-state index in [-0.39, 0.29) is 24.0 Å². The van der Waals surface area contributed by atoms with E-state index >= 15 is 0 Å². The molecule has 172 valence electrons. The Bertz CT molecular complexity index is 1140. The molecule has 1 heterocycles. The van der Waals surface area contributed by atoms with Crippen molar-refractivity contribution in [1.29, 1.82) is 0 Å². The van der Waals surface area contributed by atoms with Crippen molar-refractivity contribution < 1.29 is 8.42 Å². The molecule has 0 aliphatic carbocycles. The molecule has 0 aliphatic heterocycles. The molecule has 32 heavy (non-hydrogen) atoms. The topological polar surface area (TPSA) is 88.4 Å². The molecule has 1 aromatic heterocycles. The highest BCUT2D eigenvalue weighted by Gasteiger charge is 2.11. The summed E-state index contributed by atoms with van der Waals surface area (Å²) < 4.78 is 25.5. The Morgan fingerprint density at radius 1 is 1.06 bits per heavy atom. The second kappa shape index (κ2) is 12.0. The van der Waals surface area contributed by atoms with Crippen molar-refractivity contribution in [1.82, 2.24) is 20.4 Å². The maximum Gasteiger partial charge on any atom is 0.191 e. The number of halogens is 1. The zero-order valence-corrected chi connectivity index (χ0v) is 21.7. The number of hydrogen-bond acceptors (Lipinski definition) is 4. The molecule has 0 saturated carbocycles. The molecule has 0 saturated heterocycles. The second-order valence-electron chi connectivity index (χ2n) is 7.44. The quantitative estimate of drug-likeness (QED) is 0.247. The van der Waals surface area contributed by atoms with Crippen molar-refractivity contribution in [2.75, 3.05) is 12.8 Å². The molecule has 0 atom stereocenters. The van der Waals surface area contributed by atoms with E-state index < -0.39 is 9.84 Å². The average molecular weight is 567 g/mol. The van der Waals surface area contributed by atoms with Crippen molar-refractivity contribution in [2.45, 2.75) is 38.4 Å². The average Bonchev–Trinajstić information content (AvgIpc) is 3.22. The van der Waals surface area contributed by atoms with Crippen LogP contribution in [0.5, 0.6) is 0 Å². The smallest absolute Gasteiger partial charge is 0.191 e. The Morgan fingerprint density at radius 3 is 2.50 bits per heavy atom. The molecule has 0 radical (unpaired) electrons. The van der Waals surface area contributed by atoms with E-state index in [1.165, 1.54) is 11.8 Å². The van der Waals surface area contributed by atoms with Gasteiger partial charge in [0.2, 0.25) is 0 Å². The van der Waals surface area contributed by atoms with Crippen LogP contribution in [0.1, 0.15) is 29.2 Å². The van der Waals surface area contributed by atoms with Crippen LogP contribution in [0, 0.1) is 6.92 Å². The number of aliphatic imine (C=N–C) groups is 1. The summed E-state index contributed by atoms with van der Waals surface area (Å²) in [6.45, 7) is 6.41. The van der Waals surface area contributed by atoms with Crippen molar-refractivity contribution in [3.05, 3.63) is 83.2 Å². The number of aromatic nitrogens is 2. The lowest BCUT2D eigenvalue weighted by Gasteiger charge is -2.13. The van der Waals surface area contributed by atoms with Crippen LogP contribution in [0.3, 0.4) is 0 Å². The largest absolute Gasteiger partial charge is 0.357 e. The van der Waals surface area contributed by atoms with Gasteiger partial charge in [-0.15, -0.1) is 24.0 Å². The number of hydrogen-bond donors (Lipinski definition) is 2. The lowest BCUT2D eigenvalue weighted by Crippen LogP contribution is -2.36. The van der Waals surface area contributed by atoms with Gasteiger partial charge in [0, 0.05) is 31.7 Å². The van der Waals surface area contributed by atoms with Gasteiger partial charge in [-0.1, -0.05) is 36.4 Å². The molecule has 9 heteroatoms. The minimum absolute atomic E-state index is 0. The highest BCUT2D eigenvalue weighted by molar-refractivity contribution is 14.0. The number of sulfone groups is 1. The Kier molecular flexibility index (Phi) is 9.70. The normalized spacial score (nSPS) is 11.7. The van der Waals surface area contributed by atoms with Crippen LogP contribution in [-0.4, -0.2) is 37.0 Å². The number of nitrogens with zero attached hydrogens (tertiary/aromatic N) is 3. The van der Waals surface area contributed by atoms with Gasteiger partial charge in [0.1, 0.15) is 0 Å². The number of aryl methyl sites for hydroxylation is 1. The maximum absolute atomic E-state index is 11.8. The molecular weight excluding hydrogens is 537 g/mol. The molecule has 0 aliphatic rings. The molecule has 0 amide bonds. The zero-order chi connectivity index (χ0) is 22.3. The van der Waals surface area contributed by atoms with E-state index in [1.807, 2.05) is 49.0 Å². The molecule has 2 N–H and O–H groups in total. The first-order chi connectivity index (χ1) is 14.8. The van der Waals surface area contributed by atoms with Gasteiger partial charge < -0.3 is 10.6 Å². The summed E-state index contributed by atoms with van der Waals surface area (Å²) in [7, 11) is -3.21. The van der Waals surface area contributed by atoms with Crippen molar-refractivity contribution in [2.24, 2.45) is 4.99 Å². The van der Waals surface area contributed by atoms with Gasteiger partial charge in [-0.3, -0.25) is 4.68 Å². The van der Waals surface area contributed by atoms with Crippen molar-refractivity contribution in [3.8, 4) is 0 Å². The van der Waals surface area contributed by atoms with E-state index in [4.69, 9.17) is 4.99 Å². The Labute approximate surface area is 207 Å². The highest BCUT2D eigenvalue weighted by atomic mass is 127. The molecule has 0 fully saturated rings. The third-order valence-electron chi connectivity index (χ3n) is 4.76. The summed E-state index contributed by atoms with van der Waals surface area (Å²) in [5, 5.41) is 10.8. The molecule has 3 aromatic rings. The van der Waals surface area contributed by atoms with E-state index in [0.29, 0.717) is 23.9 Å². The number of rotatable bonds is 8. The molecule has 0 unspecified atom stereocenters. The zero-order valence-electron chi connectivity index (χ0n) is 18.6. The fourth-order valence-electron chi connectivity index (χ4n) is 3.34. The van der Waals surface area contributed by atoms with Crippen molar-refractivity contribution >= 4 is 39.8 Å². The van der Waals surface area contributed by atoms with Gasteiger partial charge in [-0.25, -0.2) is 13.4 Å². The summed E-state index contributed by atoms with van der Waals surface area (Å²) in [6, 6.07) is 15.6. The molecule has 0 spiro atoms. The fraction of sp³-hybridized carbons (Fsp3) is 0.304. The second-order valence-corrected chi connectivity index (χ2v) is 9.43. The van der Waals surface area contributed by atoms with E-state index in [0.717, 1.165) is 29.8 Å². The lowest BCUT2D eigenvalue weighted by molar-refractivity contribution is 0.601. The number of benzene rings is 2. The van der Waals surface area contributed by atoms with E-state index in [1.54, 1.807) is 12.3 Å². The molecular formula is C23H30IN5O2S. The van der Waals surface area contributed by atoms with Crippen LogP contribution < -0.4 is 10.6 Å². The van der Waals surface area contributed by atoms with Crippen LogP contribution in [0.25, 0.3) is 0 Å². The van der Waals surface area contributed by atoms with Gasteiger partial charge in [-0.2, -0.15) is 5.10 Å². The van der Waals surface area contributed by atoms with Crippen LogP contribution in [-0.2, 0) is 29.5 Å². The predicted molar refractivity (Wildman–Crippen MR) is 139 cm³/mol. The van der Waals surface area contributed by atoms with Gasteiger partial charge in [0.25, 0.3) is 0 Å². The Morgan fingerprint density at radius 2 is 1.84 bits per heavy atom. The van der Waals surface area contributed by atoms with Gasteiger partial charge in [0.15, 0.2) is 15.8 Å². The first-order valence-electron chi connectivity index (χ1n) is 10.2. The van der Waals surface area contributed by atoms with Crippen molar-refractivity contribution in [3.63, 3.8) is 0 Å². The molecule has 7 nitrogen and oxygen atoms in total. The Hall–Kier alpha value is -2.40. The van der Waals surface area contributed by atoms with Crippen LogP contribution >= 0.6 is 24.0 Å². The molecule has 0 bridgehead atoms. The van der Waals surface area contributed by atoms with Crippen LogP contribution in [0.15, 0.2) is 70.8 Å². The van der Waals surface area contributed by atoms with Crippen LogP contribution in [0.4, 0.5) is 0 Å². The van der Waals surface area contributed by atoms with Gasteiger partial charge in [-0.05, 0) is 48.2 Å². The number of nitrogens with one attached hydrogen (secondary N) is 2. The molecule has 2 aromatic carbocycles. The number of guanidine groups is 1. The van der Waals surface area contributed by atoms with E-state index in [9.17, 15) is 8.42 Å². The minimum Gasteiger partial charge on any atom is -0.357 e. The van der Waals surface area contributed by atoms with Crippen LogP contribution in [0.2, 0.25) is 0 Å². The summed E-state index contributed by atoms with van der Waals surface area (Å²) in [5.74, 6) is 0.713. The van der Waals surface area contributed by atoms with Gasteiger partial charge in [0.05, 0.1) is 18.0 Å². The first-order valence-corrected chi connectivity index (χ1v) is 12.1.